The van der Waals surface area contributed by atoms with Gasteiger partial charge in [-0.2, -0.15) is 5.10 Å². The van der Waals surface area contributed by atoms with Crippen LogP contribution in [-0.2, 0) is 11.3 Å². The van der Waals surface area contributed by atoms with Crippen LogP contribution in [0.3, 0.4) is 0 Å². The Morgan fingerprint density at radius 2 is 2.21 bits per heavy atom. The zero-order chi connectivity index (χ0) is 17.1. The first kappa shape index (κ1) is 16.6. The number of carbonyl (C=O) groups is 1. The minimum atomic E-state index is -0.560. The van der Waals surface area contributed by atoms with E-state index in [1.807, 2.05) is 6.20 Å². The molecule has 0 unspecified atom stereocenters. The second-order valence-corrected chi connectivity index (χ2v) is 6.13. The number of aliphatic hydroxyl groups excluding tert-OH is 1. The molecule has 2 aromatic rings. The maximum atomic E-state index is 13.3. The van der Waals surface area contributed by atoms with E-state index < -0.39 is 6.10 Å². The third kappa shape index (κ3) is 3.98. The molecule has 128 valence electrons. The molecule has 1 fully saturated rings. The molecular weight excluding hydrogens is 311 g/mol. The van der Waals surface area contributed by atoms with Crippen molar-refractivity contribution < 1.29 is 14.3 Å². The Kier molecular flexibility index (Phi) is 4.92. The summed E-state index contributed by atoms with van der Waals surface area (Å²) < 4.78 is 14.9. The molecule has 1 aromatic carbocycles. The van der Waals surface area contributed by atoms with Gasteiger partial charge in [-0.25, -0.2) is 9.07 Å². The lowest BCUT2D eigenvalue weighted by Gasteiger charge is -2.20. The lowest BCUT2D eigenvalue weighted by Crippen LogP contribution is -2.36. The molecule has 6 nitrogen and oxygen atoms in total. The average Bonchev–Trinajstić information content (AvgIpc) is 2.90. The molecule has 1 N–H and O–H groups in total. The van der Waals surface area contributed by atoms with Gasteiger partial charge in [-0.3, -0.25) is 9.69 Å². The van der Waals surface area contributed by atoms with Crippen LogP contribution in [0.25, 0.3) is 5.69 Å². The largest absolute Gasteiger partial charge is 0.390 e. The highest BCUT2D eigenvalue weighted by Crippen LogP contribution is 2.13. The Labute approximate surface area is 140 Å². The molecule has 1 aromatic heterocycles. The quantitative estimate of drug-likeness (QED) is 0.912. The van der Waals surface area contributed by atoms with Crippen molar-refractivity contribution in [3.8, 4) is 5.69 Å². The van der Waals surface area contributed by atoms with Gasteiger partial charge in [0.25, 0.3) is 0 Å². The van der Waals surface area contributed by atoms with E-state index in [2.05, 4.69) is 10.00 Å². The van der Waals surface area contributed by atoms with Gasteiger partial charge >= 0.3 is 0 Å². The molecule has 3 rings (SSSR count). The van der Waals surface area contributed by atoms with Crippen LogP contribution in [0.4, 0.5) is 4.39 Å². The van der Waals surface area contributed by atoms with Gasteiger partial charge in [-0.15, -0.1) is 0 Å². The summed E-state index contributed by atoms with van der Waals surface area (Å²) in [5, 5.41) is 14.3. The second kappa shape index (κ2) is 7.11. The summed E-state index contributed by atoms with van der Waals surface area (Å²) in [5.41, 5.74) is 1.64. The summed E-state index contributed by atoms with van der Waals surface area (Å²) in [4.78, 5) is 15.3. The number of halogens is 1. The third-order valence-corrected chi connectivity index (χ3v) is 4.15. The molecule has 1 aliphatic rings. The predicted octanol–water partition coefficient (Wildman–Crippen LogP) is 1.04. The minimum absolute atomic E-state index is 0.0187. The first-order chi connectivity index (χ1) is 11.5. The van der Waals surface area contributed by atoms with E-state index in [1.165, 1.54) is 19.1 Å². The summed E-state index contributed by atoms with van der Waals surface area (Å²) in [6.45, 7) is 4.32. The van der Waals surface area contributed by atoms with Crippen LogP contribution in [0.2, 0.25) is 0 Å². The molecule has 1 amide bonds. The Morgan fingerprint density at radius 3 is 2.96 bits per heavy atom. The number of hydrogen-bond acceptors (Lipinski definition) is 4. The molecule has 1 saturated heterocycles. The van der Waals surface area contributed by atoms with Gasteiger partial charge in [0.05, 0.1) is 18.0 Å². The van der Waals surface area contributed by atoms with Crippen LogP contribution in [0.1, 0.15) is 12.5 Å². The van der Waals surface area contributed by atoms with E-state index in [0.29, 0.717) is 38.4 Å². The topological polar surface area (TPSA) is 61.6 Å². The Morgan fingerprint density at radius 1 is 1.38 bits per heavy atom. The number of aromatic nitrogens is 2. The number of aliphatic hydroxyl groups is 1. The van der Waals surface area contributed by atoms with Crippen LogP contribution >= 0.6 is 0 Å². The molecule has 0 bridgehead atoms. The predicted molar refractivity (Wildman–Crippen MR) is 87.1 cm³/mol. The van der Waals surface area contributed by atoms with E-state index in [0.717, 1.165) is 5.56 Å². The van der Waals surface area contributed by atoms with E-state index >= 15 is 0 Å². The van der Waals surface area contributed by atoms with E-state index in [1.54, 1.807) is 27.9 Å². The van der Waals surface area contributed by atoms with Gasteiger partial charge in [-0.1, -0.05) is 6.07 Å². The maximum absolute atomic E-state index is 13.3. The van der Waals surface area contributed by atoms with Gasteiger partial charge in [-0.05, 0) is 18.2 Å². The zero-order valence-corrected chi connectivity index (χ0v) is 13.6. The Hall–Kier alpha value is -2.25. The zero-order valence-electron chi connectivity index (χ0n) is 13.6. The van der Waals surface area contributed by atoms with Gasteiger partial charge in [0.2, 0.25) is 5.91 Å². The smallest absolute Gasteiger partial charge is 0.219 e. The molecule has 0 radical (unpaired) electrons. The SMILES string of the molecule is CC(=O)N1CCN(Cc2cnn(-c3cccc(F)c3)c2)C[C@H](O)C1. The number of amides is 1. The molecule has 7 heteroatoms. The Bertz CT molecular complexity index is 718. The van der Waals surface area contributed by atoms with Crippen molar-refractivity contribution in [2.24, 2.45) is 0 Å². The minimum Gasteiger partial charge on any atom is -0.390 e. The molecule has 0 saturated carbocycles. The second-order valence-electron chi connectivity index (χ2n) is 6.13. The lowest BCUT2D eigenvalue weighted by molar-refractivity contribution is -0.129. The number of benzene rings is 1. The van der Waals surface area contributed by atoms with Crippen molar-refractivity contribution in [1.29, 1.82) is 0 Å². The first-order valence-corrected chi connectivity index (χ1v) is 7.96. The summed E-state index contributed by atoms with van der Waals surface area (Å²) >= 11 is 0. The highest BCUT2D eigenvalue weighted by atomic mass is 19.1. The molecule has 1 aliphatic heterocycles. The first-order valence-electron chi connectivity index (χ1n) is 7.96. The molecule has 0 aliphatic carbocycles. The standard InChI is InChI=1S/C17H21FN4O2/c1-13(23)21-6-5-20(11-17(24)12-21)9-14-8-19-22(10-14)16-4-2-3-15(18)7-16/h2-4,7-8,10,17,24H,5-6,9,11-12H2,1H3/t17-/m0/s1. The van der Waals surface area contributed by atoms with E-state index in [4.69, 9.17) is 0 Å². The lowest BCUT2D eigenvalue weighted by atomic mass is 10.3. The van der Waals surface area contributed by atoms with Crippen LogP contribution < -0.4 is 0 Å². The highest BCUT2D eigenvalue weighted by molar-refractivity contribution is 5.73. The molecule has 24 heavy (non-hydrogen) atoms. The van der Waals surface area contributed by atoms with Crippen molar-refractivity contribution in [1.82, 2.24) is 19.6 Å². The summed E-state index contributed by atoms with van der Waals surface area (Å²) in [5.74, 6) is -0.320. The molecule has 0 spiro atoms. The van der Waals surface area contributed by atoms with Crippen molar-refractivity contribution >= 4 is 5.91 Å². The van der Waals surface area contributed by atoms with Crippen molar-refractivity contribution in [2.45, 2.75) is 19.6 Å². The van der Waals surface area contributed by atoms with Gasteiger partial charge < -0.3 is 10.0 Å². The number of rotatable bonds is 3. The van der Waals surface area contributed by atoms with Gasteiger partial charge in [0.1, 0.15) is 5.82 Å². The summed E-state index contributed by atoms with van der Waals surface area (Å²) in [6, 6.07) is 6.26. The average molecular weight is 332 g/mol. The number of nitrogens with zero attached hydrogens (tertiary/aromatic N) is 4. The van der Waals surface area contributed by atoms with Crippen LogP contribution in [0, 0.1) is 5.82 Å². The van der Waals surface area contributed by atoms with E-state index in [9.17, 15) is 14.3 Å². The fraction of sp³-hybridized carbons (Fsp3) is 0.412. The van der Waals surface area contributed by atoms with Crippen molar-refractivity contribution in [2.75, 3.05) is 26.2 Å². The van der Waals surface area contributed by atoms with Crippen molar-refractivity contribution in [3.63, 3.8) is 0 Å². The monoisotopic (exact) mass is 332 g/mol. The Balaban J connectivity index is 1.67. The summed E-state index contributed by atoms with van der Waals surface area (Å²) in [6.07, 6.45) is 3.04. The molecular formula is C17H21FN4O2. The van der Waals surface area contributed by atoms with Crippen LogP contribution in [0.5, 0.6) is 0 Å². The number of hydrogen-bond donors (Lipinski definition) is 1. The van der Waals surface area contributed by atoms with Gasteiger partial charge in [0.15, 0.2) is 0 Å². The highest BCUT2D eigenvalue weighted by Gasteiger charge is 2.22. The molecule has 1 atom stereocenters. The fourth-order valence-electron chi connectivity index (χ4n) is 2.94. The molecule has 2 heterocycles. The maximum Gasteiger partial charge on any atom is 0.219 e. The normalized spacial score (nSPS) is 19.3. The van der Waals surface area contributed by atoms with Crippen LogP contribution in [0.15, 0.2) is 36.7 Å². The number of β-amino-alcohol motifs (C(OH)–C–C–N with tert-alkyl or cyclic N) is 1. The summed E-state index contributed by atoms with van der Waals surface area (Å²) in [7, 11) is 0. The van der Waals surface area contributed by atoms with E-state index in [-0.39, 0.29) is 11.7 Å². The van der Waals surface area contributed by atoms with Gasteiger partial charge in [0, 0.05) is 51.4 Å². The number of carbonyl (C=O) groups excluding carboxylic acids is 1. The van der Waals surface area contributed by atoms with Crippen LogP contribution in [-0.4, -0.2) is 62.9 Å². The third-order valence-electron chi connectivity index (χ3n) is 4.15. The fourth-order valence-corrected chi connectivity index (χ4v) is 2.94. The van der Waals surface area contributed by atoms with Crippen molar-refractivity contribution in [3.05, 3.63) is 48.0 Å².